The number of methoxy groups -OCH3 is 1. The summed E-state index contributed by atoms with van der Waals surface area (Å²) in [6, 6.07) is 4.22. The predicted octanol–water partition coefficient (Wildman–Crippen LogP) is 3.78. The lowest BCUT2D eigenvalue weighted by molar-refractivity contribution is 0.0780. The van der Waals surface area contributed by atoms with Crippen molar-refractivity contribution >= 4 is 17.0 Å². The third-order valence-corrected chi connectivity index (χ3v) is 7.13. The zero-order valence-electron chi connectivity index (χ0n) is 20.6. The Bertz CT molecular complexity index is 1410. The van der Waals surface area contributed by atoms with Crippen molar-refractivity contribution in [3.8, 4) is 11.6 Å². The second kappa shape index (κ2) is 9.97. The summed E-state index contributed by atoms with van der Waals surface area (Å²) < 4.78 is 41.4. The molecular weight excluding hydrogens is 486 g/mol. The monoisotopic (exact) mass is 514 g/mol. The number of aromatic nitrogens is 2. The van der Waals surface area contributed by atoms with E-state index in [1.54, 1.807) is 23.0 Å². The van der Waals surface area contributed by atoms with E-state index in [2.05, 4.69) is 9.88 Å². The summed E-state index contributed by atoms with van der Waals surface area (Å²) in [5.74, 6) is -2.04. The lowest BCUT2D eigenvalue weighted by Crippen LogP contribution is -2.49. The SMILES string of the molecule is COc1cc(CN(Cc2cn3c4c(c(F)c(F)cc4c2=O)OCC3C)[C@H]2CCCN(C(=O)O)C2)ccn1. The van der Waals surface area contributed by atoms with Crippen molar-refractivity contribution in [2.75, 3.05) is 26.8 Å². The molecule has 0 aliphatic carbocycles. The number of pyridine rings is 2. The third kappa shape index (κ3) is 4.71. The van der Waals surface area contributed by atoms with Crippen LogP contribution in [0.3, 0.4) is 0 Å². The summed E-state index contributed by atoms with van der Waals surface area (Å²) in [4.78, 5) is 32.9. The van der Waals surface area contributed by atoms with Crippen LogP contribution in [-0.2, 0) is 13.1 Å². The molecule has 1 unspecified atom stereocenters. The molecule has 1 aromatic carbocycles. The van der Waals surface area contributed by atoms with E-state index in [0.29, 0.717) is 37.5 Å². The Morgan fingerprint density at radius 1 is 1.32 bits per heavy atom. The number of nitrogens with zero attached hydrogens (tertiary/aromatic N) is 4. The van der Waals surface area contributed by atoms with E-state index in [1.807, 2.05) is 13.0 Å². The Morgan fingerprint density at radius 3 is 2.89 bits per heavy atom. The van der Waals surface area contributed by atoms with Gasteiger partial charge in [-0.2, -0.15) is 4.39 Å². The summed E-state index contributed by atoms with van der Waals surface area (Å²) in [6.45, 7) is 3.38. The van der Waals surface area contributed by atoms with Gasteiger partial charge in [0.1, 0.15) is 6.61 Å². The molecule has 0 spiro atoms. The van der Waals surface area contributed by atoms with Gasteiger partial charge in [-0.15, -0.1) is 0 Å². The zero-order valence-corrected chi connectivity index (χ0v) is 20.6. The van der Waals surface area contributed by atoms with Gasteiger partial charge in [0.05, 0.1) is 24.1 Å². The average molecular weight is 515 g/mol. The van der Waals surface area contributed by atoms with Crippen molar-refractivity contribution < 1.29 is 28.2 Å². The van der Waals surface area contributed by atoms with Gasteiger partial charge >= 0.3 is 6.09 Å². The van der Waals surface area contributed by atoms with Crippen LogP contribution in [0, 0.1) is 11.6 Å². The van der Waals surface area contributed by atoms with Gasteiger partial charge in [0.15, 0.2) is 17.0 Å². The third-order valence-electron chi connectivity index (χ3n) is 7.13. The smallest absolute Gasteiger partial charge is 0.407 e. The van der Waals surface area contributed by atoms with Crippen molar-refractivity contribution in [3.05, 3.63) is 63.6 Å². The molecule has 2 atom stereocenters. The molecule has 196 valence electrons. The predicted molar refractivity (Wildman–Crippen MR) is 131 cm³/mol. The van der Waals surface area contributed by atoms with Crippen molar-refractivity contribution in [1.82, 2.24) is 19.4 Å². The van der Waals surface area contributed by atoms with E-state index in [9.17, 15) is 23.5 Å². The molecule has 11 heteroatoms. The van der Waals surface area contributed by atoms with Gasteiger partial charge in [0.2, 0.25) is 11.7 Å². The molecule has 3 aromatic rings. The number of carboxylic acid groups (broad SMARTS) is 1. The number of carbonyl (C=O) groups is 1. The first-order valence-electron chi connectivity index (χ1n) is 12.2. The Morgan fingerprint density at radius 2 is 2.14 bits per heavy atom. The van der Waals surface area contributed by atoms with Crippen molar-refractivity contribution in [2.45, 2.75) is 44.9 Å². The Labute approximate surface area is 211 Å². The van der Waals surface area contributed by atoms with Crippen LogP contribution in [0.4, 0.5) is 13.6 Å². The summed E-state index contributed by atoms with van der Waals surface area (Å²) in [5, 5.41) is 9.63. The number of piperidine rings is 1. The van der Waals surface area contributed by atoms with Gasteiger partial charge in [0, 0.05) is 56.2 Å². The number of amides is 1. The standard InChI is InChI=1S/C26H28F2N4O5/c1-15-14-37-25-22(28)20(27)9-19-23(25)32(15)12-17(24(19)33)11-31(10-16-5-6-29-21(8-16)36-2)18-4-3-7-30(13-18)26(34)35/h5-6,8-9,12,15,18H,3-4,7,10-11,13-14H2,1-2H3,(H,34,35)/t15?,18-/m0/s1. The number of likely N-dealkylation sites (tertiary alicyclic amines) is 1. The summed E-state index contributed by atoms with van der Waals surface area (Å²) in [5.41, 5.74) is 1.13. The zero-order chi connectivity index (χ0) is 26.3. The molecular formula is C26H28F2N4O5. The van der Waals surface area contributed by atoms with Gasteiger partial charge in [-0.3, -0.25) is 9.69 Å². The molecule has 1 fully saturated rings. The van der Waals surface area contributed by atoms with E-state index in [4.69, 9.17) is 9.47 Å². The Kier molecular flexibility index (Phi) is 6.72. The van der Waals surface area contributed by atoms with Gasteiger partial charge in [-0.05, 0) is 37.5 Å². The van der Waals surface area contributed by atoms with E-state index < -0.39 is 23.2 Å². The molecule has 0 bridgehead atoms. The van der Waals surface area contributed by atoms with Crippen LogP contribution in [0.15, 0.2) is 35.4 Å². The van der Waals surface area contributed by atoms with Crippen molar-refractivity contribution in [3.63, 3.8) is 0 Å². The highest BCUT2D eigenvalue weighted by atomic mass is 19.2. The fourth-order valence-corrected chi connectivity index (χ4v) is 5.22. The summed E-state index contributed by atoms with van der Waals surface area (Å²) >= 11 is 0. The highest BCUT2D eigenvalue weighted by molar-refractivity contribution is 5.86. The van der Waals surface area contributed by atoms with E-state index in [-0.39, 0.29) is 41.9 Å². The van der Waals surface area contributed by atoms with Crippen LogP contribution in [0.25, 0.3) is 10.9 Å². The van der Waals surface area contributed by atoms with Gasteiger partial charge in [-0.1, -0.05) is 0 Å². The van der Waals surface area contributed by atoms with E-state index in [1.165, 1.54) is 12.0 Å². The quantitative estimate of drug-likeness (QED) is 0.535. The Hall–Kier alpha value is -3.73. The van der Waals surface area contributed by atoms with Gasteiger partial charge in [-0.25, -0.2) is 14.2 Å². The molecule has 1 saturated heterocycles. The van der Waals surface area contributed by atoms with E-state index in [0.717, 1.165) is 18.1 Å². The maximum Gasteiger partial charge on any atom is 0.407 e. The molecule has 2 aromatic heterocycles. The first-order valence-corrected chi connectivity index (χ1v) is 12.2. The molecule has 9 nitrogen and oxygen atoms in total. The van der Waals surface area contributed by atoms with Crippen molar-refractivity contribution in [2.24, 2.45) is 0 Å². The number of halogens is 2. The largest absolute Gasteiger partial charge is 0.486 e. The number of hydrogen-bond acceptors (Lipinski definition) is 6. The maximum absolute atomic E-state index is 14.5. The van der Waals surface area contributed by atoms with Crippen LogP contribution in [-0.4, -0.2) is 63.4 Å². The van der Waals surface area contributed by atoms with E-state index >= 15 is 0 Å². The fraction of sp³-hybridized carbons (Fsp3) is 0.423. The highest BCUT2D eigenvalue weighted by Gasteiger charge is 2.31. The molecule has 1 N–H and O–H groups in total. The average Bonchev–Trinajstić information content (AvgIpc) is 2.90. The normalized spacial score (nSPS) is 19.2. The lowest BCUT2D eigenvalue weighted by atomic mass is 10.0. The topological polar surface area (TPSA) is 97.1 Å². The van der Waals surface area contributed by atoms with Crippen molar-refractivity contribution in [1.29, 1.82) is 0 Å². The minimum Gasteiger partial charge on any atom is -0.486 e. The minimum absolute atomic E-state index is 0.0549. The lowest BCUT2D eigenvalue weighted by Gasteiger charge is -2.38. The second-order valence-electron chi connectivity index (χ2n) is 9.58. The highest BCUT2D eigenvalue weighted by Crippen LogP contribution is 2.35. The maximum atomic E-state index is 14.5. The van der Waals surface area contributed by atoms with Gasteiger partial charge < -0.3 is 24.0 Å². The number of hydrogen-bond donors (Lipinski definition) is 1. The molecule has 2 aliphatic rings. The fourth-order valence-electron chi connectivity index (χ4n) is 5.22. The molecule has 5 rings (SSSR count). The molecule has 37 heavy (non-hydrogen) atoms. The summed E-state index contributed by atoms with van der Waals surface area (Å²) in [6.07, 6.45) is 3.78. The second-order valence-corrected chi connectivity index (χ2v) is 9.58. The first-order chi connectivity index (χ1) is 17.8. The van der Waals surface area contributed by atoms with Crippen LogP contribution >= 0.6 is 0 Å². The molecule has 1 amide bonds. The van der Waals surface area contributed by atoms with Gasteiger partial charge in [0.25, 0.3) is 0 Å². The first kappa shape index (κ1) is 24.9. The number of rotatable bonds is 6. The number of ether oxygens (including phenoxy) is 2. The minimum atomic E-state index is -1.14. The molecule has 0 saturated carbocycles. The van der Waals surface area contributed by atoms with Crippen LogP contribution in [0.1, 0.15) is 36.9 Å². The van der Waals surface area contributed by atoms with Crippen LogP contribution in [0.5, 0.6) is 11.6 Å². The van der Waals surface area contributed by atoms with Crippen LogP contribution < -0.4 is 14.9 Å². The van der Waals surface area contributed by atoms with Crippen LogP contribution in [0.2, 0.25) is 0 Å². The molecule has 2 aliphatic heterocycles. The molecule has 0 radical (unpaired) electrons. The number of benzene rings is 1. The Balaban J connectivity index is 1.57. The molecule has 4 heterocycles. The summed E-state index contributed by atoms with van der Waals surface area (Å²) in [7, 11) is 1.53.